The molecule has 1 atom stereocenters. The lowest BCUT2D eigenvalue weighted by Gasteiger charge is -2.25. The highest BCUT2D eigenvalue weighted by Gasteiger charge is 2.23. The molecule has 26 heavy (non-hydrogen) atoms. The van der Waals surface area contributed by atoms with Crippen molar-refractivity contribution in [2.24, 2.45) is 10.4 Å². The van der Waals surface area contributed by atoms with Crippen molar-refractivity contribution in [2.75, 3.05) is 13.1 Å². The van der Waals surface area contributed by atoms with Crippen LogP contribution in [0.2, 0.25) is 0 Å². The molecule has 150 valence electrons. The van der Waals surface area contributed by atoms with Gasteiger partial charge in [-0.2, -0.15) is 5.10 Å². The van der Waals surface area contributed by atoms with Gasteiger partial charge in [-0.15, -0.1) is 24.0 Å². The molecular weight excluding hydrogens is 439 g/mol. The van der Waals surface area contributed by atoms with Crippen molar-refractivity contribution in [1.29, 1.82) is 0 Å². The second-order valence-electron chi connectivity index (χ2n) is 8.53. The third-order valence-corrected chi connectivity index (χ3v) is 4.43. The lowest BCUT2D eigenvalue weighted by Crippen LogP contribution is -2.47. The lowest BCUT2D eigenvalue weighted by molar-refractivity contribution is 0.367. The van der Waals surface area contributed by atoms with Gasteiger partial charge in [-0.25, -0.2) is 9.67 Å². The summed E-state index contributed by atoms with van der Waals surface area (Å²) < 4.78 is 2.07. The number of rotatable bonds is 6. The van der Waals surface area contributed by atoms with Crippen LogP contribution in [0.1, 0.15) is 78.4 Å². The van der Waals surface area contributed by atoms with Crippen molar-refractivity contribution >= 4 is 29.9 Å². The molecule has 0 saturated carbocycles. The van der Waals surface area contributed by atoms with E-state index in [0.717, 1.165) is 56.5 Å². The Kier molecular flexibility index (Phi) is 9.33. The third kappa shape index (κ3) is 7.40. The Morgan fingerprint density at radius 1 is 1.35 bits per heavy atom. The lowest BCUT2D eigenvalue weighted by atomic mass is 9.91. The summed E-state index contributed by atoms with van der Waals surface area (Å²) >= 11 is 0. The molecule has 1 unspecified atom stereocenters. The van der Waals surface area contributed by atoms with Gasteiger partial charge in [0, 0.05) is 31.5 Å². The van der Waals surface area contributed by atoms with E-state index >= 15 is 0 Å². The molecule has 1 aromatic rings. The molecule has 1 aliphatic rings. The molecule has 0 amide bonds. The van der Waals surface area contributed by atoms with Crippen LogP contribution in [-0.4, -0.2) is 39.9 Å². The summed E-state index contributed by atoms with van der Waals surface area (Å²) in [5, 5.41) is 11.6. The molecule has 0 bridgehead atoms. The summed E-state index contributed by atoms with van der Waals surface area (Å²) in [7, 11) is 0. The van der Waals surface area contributed by atoms with Crippen LogP contribution in [0.5, 0.6) is 0 Å². The van der Waals surface area contributed by atoms with Gasteiger partial charge in [0.1, 0.15) is 5.82 Å². The van der Waals surface area contributed by atoms with Gasteiger partial charge in [-0.3, -0.25) is 4.99 Å². The van der Waals surface area contributed by atoms with Crippen molar-refractivity contribution in [2.45, 2.75) is 85.7 Å². The first-order chi connectivity index (χ1) is 11.8. The van der Waals surface area contributed by atoms with Crippen LogP contribution in [-0.2, 0) is 13.0 Å². The molecule has 0 saturated heterocycles. The van der Waals surface area contributed by atoms with Crippen LogP contribution in [0, 0.1) is 5.41 Å². The average molecular weight is 476 g/mol. The van der Waals surface area contributed by atoms with E-state index < -0.39 is 0 Å². The fraction of sp³-hybridized carbons (Fsp3) is 0.842. The minimum Gasteiger partial charge on any atom is -0.357 e. The Hall–Kier alpha value is -0.860. The summed E-state index contributed by atoms with van der Waals surface area (Å²) in [5.74, 6) is 3.38. The van der Waals surface area contributed by atoms with E-state index in [9.17, 15) is 0 Å². The zero-order valence-corrected chi connectivity index (χ0v) is 19.6. The highest BCUT2D eigenvalue weighted by molar-refractivity contribution is 14.0. The largest absolute Gasteiger partial charge is 0.357 e. The van der Waals surface area contributed by atoms with Crippen LogP contribution in [0.25, 0.3) is 0 Å². The molecule has 0 radical (unpaired) electrons. The summed E-state index contributed by atoms with van der Waals surface area (Å²) in [5.41, 5.74) is 0.377. The first-order valence-electron chi connectivity index (χ1n) is 9.77. The summed E-state index contributed by atoms with van der Waals surface area (Å²) in [6.45, 7) is 15.8. The van der Waals surface area contributed by atoms with E-state index in [0.29, 0.717) is 17.4 Å². The smallest absolute Gasteiger partial charge is 0.191 e. The number of nitrogens with zero attached hydrogens (tertiary/aromatic N) is 4. The molecule has 2 N–H and O–H groups in total. The predicted octanol–water partition coefficient (Wildman–Crippen LogP) is 3.72. The fourth-order valence-corrected chi connectivity index (χ4v) is 3.00. The van der Waals surface area contributed by atoms with E-state index in [-0.39, 0.29) is 24.0 Å². The second-order valence-corrected chi connectivity index (χ2v) is 8.53. The number of aliphatic imine (C=N–C) groups is 1. The average Bonchev–Trinajstić information content (AvgIpc) is 2.94. The van der Waals surface area contributed by atoms with Crippen LogP contribution in [0.15, 0.2) is 4.99 Å². The standard InChI is InChI=1S/C19H36N6.HI/c1-7-20-18(21-12-8-11-19(4,5)6)22-15-9-10-16-23-17(14(2)3)24-25(16)13-15;/h14-15H,7-13H2,1-6H3,(H2,20,21,22);1H. The summed E-state index contributed by atoms with van der Waals surface area (Å²) in [6, 6.07) is 0.356. The normalized spacial score (nSPS) is 17.7. The molecule has 2 rings (SSSR count). The zero-order chi connectivity index (χ0) is 18.4. The molecule has 2 heterocycles. The fourth-order valence-electron chi connectivity index (χ4n) is 3.00. The van der Waals surface area contributed by atoms with Crippen LogP contribution >= 0.6 is 24.0 Å². The maximum Gasteiger partial charge on any atom is 0.191 e. The van der Waals surface area contributed by atoms with Crippen molar-refractivity contribution in [3.63, 3.8) is 0 Å². The highest BCUT2D eigenvalue weighted by Crippen LogP contribution is 2.20. The number of aromatic nitrogens is 3. The highest BCUT2D eigenvalue weighted by atomic mass is 127. The third-order valence-electron chi connectivity index (χ3n) is 4.43. The second kappa shape index (κ2) is 10.5. The maximum atomic E-state index is 4.75. The molecule has 0 fully saturated rings. The van der Waals surface area contributed by atoms with Gasteiger partial charge in [0.15, 0.2) is 11.8 Å². The van der Waals surface area contributed by atoms with Crippen molar-refractivity contribution in [3.05, 3.63) is 11.6 Å². The minimum atomic E-state index is 0. The Bertz CT molecular complexity index is 573. The molecule has 0 aliphatic carbocycles. The van der Waals surface area contributed by atoms with Gasteiger partial charge >= 0.3 is 0 Å². The number of fused-ring (bicyclic) bond motifs is 1. The van der Waals surface area contributed by atoms with Gasteiger partial charge in [-0.05, 0) is 31.6 Å². The van der Waals surface area contributed by atoms with Gasteiger partial charge in [0.25, 0.3) is 0 Å². The van der Waals surface area contributed by atoms with Crippen molar-refractivity contribution < 1.29 is 0 Å². The summed E-state index contributed by atoms with van der Waals surface area (Å²) in [6.07, 6.45) is 4.36. The Morgan fingerprint density at radius 3 is 2.69 bits per heavy atom. The van der Waals surface area contributed by atoms with Crippen LogP contribution < -0.4 is 10.6 Å². The van der Waals surface area contributed by atoms with Gasteiger partial charge in [0.05, 0.1) is 6.54 Å². The number of halogens is 1. The molecule has 1 aromatic heterocycles. The number of nitrogens with one attached hydrogen (secondary N) is 2. The molecule has 0 spiro atoms. The topological polar surface area (TPSA) is 67.1 Å². The quantitative estimate of drug-likeness (QED) is 0.284. The SMILES string of the molecule is CCNC(=NCCCC(C)(C)C)NC1CCc2nc(C(C)C)nn2C1.I. The van der Waals surface area contributed by atoms with Crippen LogP contribution in [0.3, 0.4) is 0 Å². The Morgan fingerprint density at radius 2 is 2.08 bits per heavy atom. The van der Waals surface area contributed by atoms with E-state index in [1.165, 1.54) is 6.42 Å². The number of aryl methyl sites for hydroxylation is 1. The molecule has 1 aliphatic heterocycles. The van der Waals surface area contributed by atoms with Crippen molar-refractivity contribution in [1.82, 2.24) is 25.4 Å². The molecule has 7 heteroatoms. The monoisotopic (exact) mass is 476 g/mol. The maximum absolute atomic E-state index is 4.75. The summed E-state index contributed by atoms with van der Waals surface area (Å²) in [4.78, 5) is 9.41. The van der Waals surface area contributed by atoms with Gasteiger partial charge in [0.2, 0.25) is 0 Å². The van der Waals surface area contributed by atoms with E-state index in [1.807, 2.05) is 0 Å². The van der Waals surface area contributed by atoms with Gasteiger partial charge < -0.3 is 10.6 Å². The Balaban J connectivity index is 0.00000338. The first-order valence-corrected chi connectivity index (χ1v) is 9.77. The van der Waals surface area contributed by atoms with Gasteiger partial charge in [-0.1, -0.05) is 34.6 Å². The van der Waals surface area contributed by atoms with Crippen LogP contribution in [0.4, 0.5) is 0 Å². The van der Waals surface area contributed by atoms with Crippen molar-refractivity contribution in [3.8, 4) is 0 Å². The Labute approximate surface area is 176 Å². The number of hydrogen-bond acceptors (Lipinski definition) is 3. The molecular formula is C19H37IN6. The van der Waals surface area contributed by atoms with E-state index in [2.05, 4.69) is 66.9 Å². The minimum absolute atomic E-state index is 0. The zero-order valence-electron chi connectivity index (χ0n) is 17.3. The van der Waals surface area contributed by atoms with E-state index in [1.54, 1.807) is 0 Å². The first kappa shape index (κ1) is 23.2. The van der Waals surface area contributed by atoms with E-state index in [4.69, 9.17) is 4.99 Å². The molecule has 6 nitrogen and oxygen atoms in total. The molecule has 0 aromatic carbocycles. The number of guanidine groups is 1. The predicted molar refractivity (Wildman–Crippen MR) is 119 cm³/mol. The number of hydrogen-bond donors (Lipinski definition) is 2.